The molecule has 0 saturated heterocycles. The molecule has 0 amide bonds. The molecular formula is C5H6BrNO. The first kappa shape index (κ1) is 5.69. The second-order valence-corrected chi connectivity index (χ2v) is 2.34. The van der Waals surface area contributed by atoms with Crippen LogP contribution in [-0.2, 0) is 0 Å². The first-order valence-electron chi connectivity index (χ1n) is 2.21. The van der Waals surface area contributed by atoms with Gasteiger partial charge in [0.2, 0.25) is 0 Å². The monoisotopic (exact) mass is 175 g/mol. The molecular weight excluding hydrogens is 170 g/mol. The van der Waals surface area contributed by atoms with Crippen molar-refractivity contribution in [1.82, 2.24) is 0 Å². The molecule has 8 heavy (non-hydrogen) atoms. The zero-order chi connectivity index (χ0) is 6.15. The van der Waals surface area contributed by atoms with Crippen LogP contribution in [0.25, 0.3) is 0 Å². The minimum Gasteiger partial charge on any atom is -0.452 e. The van der Waals surface area contributed by atoms with Gasteiger partial charge in [-0.3, -0.25) is 0 Å². The summed E-state index contributed by atoms with van der Waals surface area (Å²) in [5.74, 6) is 0.761. The third-order valence-electron chi connectivity index (χ3n) is 0.926. The van der Waals surface area contributed by atoms with Crippen LogP contribution in [0.2, 0.25) is 0 Å². The molecule has 3 heteroatoms. The Morgan fingerprint density at radius 1 is 1.75 bits per heavy atom. The number of hydrogen-bond donors (Lipinski definition) is 1. The number of halogens is 1. The summed E-state index contributed by atoms with van der Waals surface area (Å²) in [6.45, 7) is 1.82. The topological polar surface area (TPSA) is 39.2 Å². The first-order valence-corrected chi connectivity index (χ1v) is 3.01. The largest absolute Gasteiger partial charge is 0.452 e. The zero-order valence-corrected chi connectivity index (χ0v) is 6.03. The molecule has 0 aromatic carbocycles. The second-order valence-electron chi connectivity index (χ2n) is 1.56. The summed E-state index contributed by atoms with van der Waals surface area (Å²) in [5, 5.41) is 0. The van der Waals surface area contributed by atoms with Crippen molar-refractivity contribution in [3.8, 4) is 0 Å². The summed E-state index contributed by atoms with van der Waals surface area (Å²) in [7, 11) is 0. The number of anilines is 1. The highest BCUT2D eigenvalue weighted by atomic mass is 79.9. The van der Waals surface area contributed by atoms with Gasteiger partial charge in [-0.2, -0.15) is 0 Å². The number of nitrogens with two attached hydrogens (primary N) is 1. The Kier molecular flexibility index (Phi) is 1.29. The quantitative estimate of drug-likeness (QED) is 0.655. The molecule has 44 valence electrons. The van der Waals surface area contributed by atoms with Crippen molar-refractivity contribution in [2.45, 2.75) is 6.92 Å². The van der Waals surface area contributed by atoms with E-state index >= 15 is 0 Å². The van der Waals surface area contributed by atoms with E-state index in [4.69, 9.17) is 10.2 Å². The molecule has 0 aliphatic heterocycles. The zero-order valence-electron chi connectivity index (χ0n) is 4.44. The lowest BCUT2D eigenvalue weighted by molar-refractivity contribution is 0.511. The molecule has 0 atom stereocenters. The van der Waals surface area contributed by atoms with Gasteiger partial charge in [-0.1, -0.05) is 0 Å². The van der Waals surface area contributed by atoms with Crippen LogP contribution in [-0.4, -0.2) is 0 Å². The molecule has 0 unspecified atom stereocenters. The van der Waals surface area contributed by atoms with Gasteiger partial charge in [0.25, 0.3) is 0 Å². The lowest BCUT2D eigenvalue weighted by atomic mass is 10.4. The van der Waals surface area contributed by atoms with Crippen LogP contribution in [0.3, 0.4) is 0 Å². The van der Waals surface area contributed by atoms with Crippen LogP contribution in [0.5, 0.6) is 0 Å². The van der Waals surface area contributed by atoms with Gasteiger partial charge in [0.05, 0.1) is 5.69 Å². The van der Waals surface area contributed by atoms with Crippen molar-refractivity contribution in [3.63, 3.8) is 0 Å². The predicted octanol–water partition coefficient (Wildman–Crippen LogP) is 1.93. The fraction of sp³-hybridized carbons (Fsp3) is 0.200. The van der Waals surface area contributed by atoms with E-state index in [1.807, 2.05) is 6.92 Å². The number of aryl methyl sites for hydroxylation is 1. The summed E-state index contributed by atoms with van der Waals surface area (Å²) in [6.07, 6.45) is 0. The Hall–Kier alpha value is -0.440. The highest BCUT2D eigenvalue weighted by molar-refractivity contribution is 9.10. The smallest absolute Gasteiger partial charge is 0.171 e. The SMILES string of the molecule is Cc1oc(Br)cc1N. The minimum absolute atomic E-state index is 0.688. The van der Waals surface area contributed by atoms with E-state index in [0.717, 1.165) is 5.76 Å². The number of furan rings is 1. The van der Waals surface area contributed by atoms with Crippen molar-refractivity contribution in [2.24, 2.45) is 0 Å². The van der Waals surface area contributed by atoms with Crippen molar-refractivity contribution < 1.29 is 4.42 Å². The second kappa shape index (κ2) is 1.82. The van der Waals surface area contributed by atoms with Gasteiger partial charge < -0.3 is 10.2 Å². The van der Waals surface area contributed by atoms with Crippen LogP contribution in [0.1, 0.15) is 5.76 Å². The van der Waals surface area contributed by atoms with Gasteiger partial charge in [0.1, 0.15) is 5.76 Å². The summed E-state index contributed by atoms with van der Waals surface area (Å²) >= 11 is 3.14. The van der Waals surface area contributed by atoms with Crippen LogP contribution < -0.4 is 5.73 Å². The first-order chi connectivity index (χ1) is 3.70. The Morgan fingerprint density at radius 3 is 2.50 bits per heavy atom. The van der Waals surface area contributed by atoms with Crippen LogP contribution in [0.4, 0.5) is 5.69 Å². The normalized spacial score (nSPS) is 9.75. The Balaban J connectivity index is 3.14. The lowest BCUT2D eigenvalue weighted by Crippen LogP contribution is -1.80. The molecule has 2 N–H and O–H groups in total. The summed E-state index contributed by atoms with van der Waals surface area (Å²) in [4.78, 5) is 0. The van der Waals surface area contributed by atoms with Gasteiger partial charge in [-0.05, 0) is 22.9 Å². The van der Waals surface area contributed by atoms with E-state index in [2.05, 4.69) is 15.9 Å². The molecule has 0 spiro atoms. The van der Waals surface area contributed by atoms with E-state index in [1.165, 1.54) is 0 Å². The fourth-order valence-corrected chi connectivity index (χ4v) is 0.948. The predicted molar refractivity (Wildman–Crippen MR) is 35.6 cm³/mol. The highest BCUT2D eigenvalue weighted by Gasteiger charge is 1.97. The molecule has 0 fully saturated rings. The molecule has 0 saturated carbocycles. The molecule has 0 aliphatic rings. The Bertz CT molecular complexity index is 175. The van der Waals surface area contributed by atoms with Gasteiger partial charge in [-0.25, -0.2) is 0 Å². The van der Waals surface area contributed by atoms with E-state index in [0.29, 0.717) is 10.4 Å². The molecule has 1 aromatic heterocycles. The van der Waals surface area contributed by atoms with E-state index < -0.39 is 0 Å². The number of nitrogen functional groups attached to an aromatic ring is 1. The Labute approximate surface area is 55.8 Å². The Morgan fingerprint density at radius 2 is 2.38 bits per heavy atom. The average Bonchev–Trinajstić information content (AvgIpc) is 1.85. The summed E-state index contributed by atoms with van der Waals surface area (Å²) in [6, 6.07) is 1.73. The molecule has 0 radical (unpaired) electrons. The summed E-state index contributed by atoms with van der Waals surface area (Å²) in [5.41, 5.74) is 6.11. The fourth-order valence-electron chi connectivity index (χ4n) is 0.459. The van der Waals surface area contributed by atoms with Crippen LogP contribution in [0, 0.1) is 6.92 Å². The van der Waals surface area contributed by atoms with Crippen molar-refractivity contribution >= 4 is 21.6 Å². The van der Waals surface area contributed by atoms with Gasteiger partial charge in [-0.15, -0.1) is 0 Å². The average molecular weight is 176 g/mol. The third kappa shape index (κ3) is 0.865. The molecule has 0 aliphatic carbocycles. The maximum atomic E-state index is 5.42. The van der Waals surface area contributed by atoms with E-state index in [9.17, 15) is 0 Å². The van der Waals surface area contributed by atoms with Gasteiger partial charge >= 0.3 is 0 Å². The maximum Gasteiger partial charge on any atom is 0.171 e. The van der Waals surface area contributed by atoms with Gasteiger partial charge in [0, 0.05) is 6.07 Å². The van der Waals surface area contributed by atoms with E-state index in [-0.39, 0.29) is 0 Å². The van der Waals surface area contributed by atoms with Crippen LogP contribution >= 0.6 is 15.9 Å². The molecule has 0 bridgehead atoms. The lowest BCUT2D eigenvalue weighted by Gasteiger charge is -1.80. The van der Waals surface area contributed by atoms with Crippen molar-refractivity contribution in [2.75, 3.05) is 5.73 Å². The molecule has 1 heterocycles. The maximum absolute atomic E-state index is 5.42. The number of hydrogen-bond acceptors (Lipinski definition) is 2. The van der Waals surface area contributed by atoms with Crippen LogP contribution in [0.15, 0.2) is 15.2 Å². The standard InChI is InChI=1S/C5H6BrNO/c1-3-4(7)2-5(6)8-3/h2H,7H2,1H3. The van der Waals surface area contributed by atoms with E-state index in [1.54, 1.807) is 6.07 Å². The van der Waals surface area contributed by atoms with Crippen molar-refractivity contribution in [1.29, 1.82) is 0 Å². The highest BCUT2D eigenvalue weighted by Crippen LogP contribution is 2.20. The molecule has 1 aromatic rings. The van der Waals surface area contributed by atoms with Crippen molar-refractivity contribution in [3.05, 3.63) is 16.5 Å². The minimum atomic E-state index is 0.688. The molecule has 2 nitrogen and oxygen atoms in total. The summed E-state index contributed by atoms with van der Waals surface area (Å²) < 4.78 is 5.69. The van der Waals surface area contributed by atoms with Gasteiger partial charge in [0.15, 0.2) is 4.67 Å². The number of rotatable bonds is 0. The third-order valence-corrected chi connectivity index (χ3v) is 1.32. The molecule has 1 rings (SSSR count).